The number of benzene rings is 1. The molecule has 4 rings (SSSR count). The average molecular weight is 380 g/mol. The maximum atomic E-state index is 12.9. The van der Waals surface area contributed by atoms with Crippen LogP contribution in [0.4, 0.5) is 0 Å². The second kappa shape index (κ2) is 7.63. The zero-order chi connectivity index (χ0) is 19.5. The molecule has 2 amide bonds. The van der Waals surface area contributed by atoms with Gasteiger partial charge in [0.25, 0.3) is 11.8 Å². The van der Waals surface area contributed by atoms with Gasteiger partial charge in [-0.05, 0) is 54.1 Å². The molecule has 1 aliphatic rings. The Bertz CT molecular complexity index is 964. The van der Waals surface area contributed by atoms with Crippen molar-refractivity contribution in [2.45, 2.75) is 13.3 Å². The van der Waals surface area contributed by atoms with Crippen molar-refractivity contribution in [2.24, 2.45) is 0 Å². The van der Waals surface area contributed by atoms with Crippen molar-refractivity contribution < 1.29 is 14.0 Å². The fourth-order valence-electron chi connectivity index (χ4n) is 3.32. The smallest absolute Gasteiger partial charge is 0.257 e. The number of carbonyl (C=O) groups excluding carboxylic acids is 2. The lowest BCUT2D eigenvalue weighted by Gasteiger charge is -2.22. The number of aryl methyl sites for hydroxylation is 1. The van der Waals surface area contributed by atoms with Gasteiger partial charge in [0.05, 0.1) is 17.5 Å². The topological polar surface area (TPSA) is 97.4 Å². The van der Waals surface area contributed by atoms with Gasteiger partial charge in [-0.1, -0.05) is 0 Å². The first-order valence-electron chi connectivity index (χ1n) is 9.09. The molecule has 28 heavy (non-hydrogen) atoms. The Kier molecular flexibility index (Phi) is 4.88. The van der Waals surface area contributed by atoms with Crippen LogP contribution in [-0.2, 0) is 0 Å². The van der Waals surface area contributed by atoms with Crippen molar-refractivity contribution >= 4 is 11.8 Å². The Morgan fingerprint density at radius 3 is 2.29 bits per heavy atom. The lowest BCUT2D eigenvalue weighted by atomic mass is 10.1. The number of nitrogens with zero attached hydrogens (tertiary/aromatic N) is 6. The van der Waals surface area contributed by atoms with Gasteiger partial charge in [0.2, 0.25) is 0 Å². The summed E-state index contributed by atoms with van der Waals surface area (Å²) < 4.78 is 6.76. The second-order valence-electron chi connectivity index (χ2n) is 6.63. The predicted octanol–water partition coefficient (Wildman–Crippen LogP) is 1.55. The second-order valence-corrected chi connectivity index (χ2v) is 6.63. The minimum absolute atomic E-state index is 0.0444. The molecule has 1 aromatic carbocycles. The highest BCUT2D eigenvalue weighted by molar-refractivity contribution is 5.96. The molecule has 0 saturated carbocycles. The molecule has 9 heteroatoms. The Morgan fingerprint density at radius 1 is 0.964 bits per heavy atom. The van der Waals surface area contributed by atoms with Crippen LogP contribution < -0.4 is 0 Å². The van der Waals surface area contributed by atoms with Crippen molar-refractivity contribution in [3.63, 3.8) is 0 Å². The quantitative estimate of drug-likeness (QED) is 0.684. The highest BCUT2D eigenvalue weighted by atomic mass is 16.3. The van der Waals surface area contributed by atoms with Crippen molar-refractivity contribution in [1.82, 2.24) is 30.0 Å². The Morgan fingerprint density at radius 2 is 1.68 bits per heavy atom. The Labute approximate surface area is 161 Å². The molecule has 3 heterocycles. The molecule has 2 aromatic heterocycles. The number of furan rings is 1. The van der Waals surface area contributed by atoms with Gasteiger partial charge in [-0.3, -0.25) is 9.59 Å². The first-order chi connectivity index (χ1) is 13.6. The molecule has 0 radical (unpaired) electrons. The summed E-state index contributed by atoms with van der Waals surface area (Å²) in [6.07, 6.45) is 3.76. The zero-order valence-electron chi connectivity index (χ0n) is 15.5. The van der Waals surface area contributed by atoms with E-state index in [1.165, 1.54) is 17.3 Å². The molecule has 0 N–H and O–H groups in total. The maximum Gasteiger partial charge on any atom is 0.257 e. The molecule has 1 fully saturated rings. The highest BCUT2D eigenvalue weighted by Crippen LogP contribution is 2.16. The average Bonchev–Trinajstić information content (AvgIpc) is 3.34. The Balaban J connectivity index is 1.42. The van der Waals surface area contributed by atoms with Crippen LogP contribution in [0.1, 0.15) is 32.9 Å². The van der Waals surface area contributed by atoms with Crippen molar-refractivity contribution in [3.05, 3.63) is 59.8 Å². The molecular weight excluding hydrogens is 360 g/mol. The number of hydrogen-bond acceptors (Lipinski definition) is 6. The highest BCUT2D eigenvalue weighted by Gasteiger charge is 2.25. The van der Waals surface area contributed by atoms with Gasteiger partial charge in [0.15, 0.2) is 0 Å². The SMILES string of the molecule is Cc1occc1C(=O)N1CCCN(C(=O)c2ccc(-n3cnnn3)cc2)CC1. The number of tetrazole rings is 1. The molecule has 3 aromatic rings. The minimum Gasteiger partial charge on any atom is -0.469 e. The van der Waals surface area contributed by atoms with Crippen LogP contribution >= 0.6 is 0 Å². The minimum atomic E-state index is -0.0497. The summed E-state index contributed by atoms with van der Waals surface area (Å²) in [5, 5.41) is 11.0. The lowest BCUT2D eigenvalue weighted by molar-refractivity contribution is 0.0717. The van der Waals surface area contributed by atoms with Gasteiger partial charge in [0.1, 0.15) is 12.1 Å². The van der Waals surface area contributed by atoms with E-state index in [0.29, 0.717) is 43.1 Å². The van der Waals surface area contributed by atoms with Crippen molar-refractivity contribution in [3.8, 4) is 5.69 Å². The van der Waals surface area contributed by atoms with Crippen molar-refractivity contribution in [2.75, 3.05) is 26.2 Å². The first-order valence-corrected chi connectivity index (χ1v) is 9.09. The molecule has 0 spiro atoms. The molecular formula is C19H20N6O3. The van der Waals surface area contributed by atoms with Gasteiger partial charge < -0.3 is 14.2 Å². The summed E-state index contributed by atoms with van der Waals surface area (Å²) in [7, 11) is 0. The third-order valence-electron chi connectivity index (χ3n) is 4.89. The monoisotopic (exact) mass is 380 g/mol. The molecule has 0 atom stereocenters. The van der Waals surface area contributed by atoms with Crippen LogP contribution in [0.3, 0.4) is 0 Å². The van der Waals surface area contributed by atoms with E-state index in [-0.39, 0.29) is 11.8 Å². The van der Waals surface area contributed by atoms with E-state index in [2.05, 4.69) is 15.5 Å². The van der Waals surface area contributed by atoms with Gasteiger partial charge in [-0.15, -0.1) is 5.10 Å². The number of carbonyl (C=O) groups is 2. The largest absolute Gasteiger partial charge is 0.469 e. The number of hydrogen-bond donors (Lipinski definition) is 0. The van der Waals surface area contributed by atoms with E-state index in [0.717, 1.165) is 12.1 Å². The van der Waals surface area contributed by atoms with E-state index >= 15 is 0 Å². The van der Waals surface area contributed by atoms with Gasteiger partial charge >= 0.3 is 0 Å². The Hall–Kier alpha value is -3.49. The molecule has 144 valence electrons. The van der Waals surface area contributed by atoms with Crippen LogP contribution in [0.2, 0.25) is 0 Å². The summed E-state index contributed by atoms with van der Waals surface area (Å²) in [5.41, 5.74) is 1.96. The summed E-state index contributed by atoms with van der Waals surface area (Å²) in [6.45, 7) is 4.00. The van der Waals surface area contributed by atoms with Gasteiger partial charge in [0, 0.05) is 31.7 Å². The van der Waals surface area contributed by atoms with E-state index < -0.39 is 0 Å². The summed E-state index contributed by atoms with van der Waals surface area (Å²) in [6, 6.07) is 8.83. The van der Waals surface area contributed by atoms with E-state index in [1.54, 1.807) is 47.1 Å². The van der Waals surface area contributed by atoms with Crippen LogP contribution in [0, 0.1) is 6.92 Å². The normalized spacial score (nSPS) is 14.8. The lowest BCUT2D eigenvalue weighted by Crippen LogP contribution is -2.37. The summed E-state index contributed by atoms with van der Waals surface area (Å²) in [4.78, 5) is 29.1. The molecule has 0 bridgehead atoms. The molecule has 9 nitrogen and oxygen atoms in total. The maximum absolute atomic E-state index is 12.9. The third kappa shape index (κ3) is 3.51. The van der Waals surface area contributed by atoms with E-state index in [9.17, 15) is 9.59 Å². The number of aromatic nitrogens is 4. The zero-order valence-corrected chi connectivity index (χ0v) is 15.5. The molecule has 0 unspecified atom stereocenters. The van der Waals surface area contributed by atoms with Crippen LogP contribution in [-0.4, -0.2) is 68.0 Å². The third-order valence-corrected chi connectivity index (χ3v) is 4.89. The molecule has 0 aliphatic carbocycles. The fourth-order valence-corrected chi connectivity index (χ4v) is 3.32. The van der Waals surface area contributed by atoms with Gasteiger partial charge in [-0.25, -0.2) is 4.68 Å². The number of rotatable bonds is 3. The summed E-state index contributed by atoms with van der Waals surface area (Å²) >= 11 is 0. The fraction of sp³-hybridized carbons (Fsp3) is 0.316. The van der Waals surface area contributed by atoms with E-state index in [4.69, 9.17) is 4.42 Å². The standard InChI is InChI=1S/C19H20N6O3/c1-14-17(7-12-28-14)19(27)24-9-2-8-23(10-11-24)18(26)15-3-5-16(6-4-15)25-13-20-21-22-25/h3-7,12-13H,2,8-11H2,1H3. The van der Waals surface area contributed by atoms with Crippen molar-refractivity contribution in [1.29, 1.82) is 0 Å². The number of amides is 2. The predicted molar refractivity (Wildman–Crippen MR) is 99.0 cm³/mol. The van der Waals surface area contributed by atoms with Crippen LogP contribution in [0.25, 0.3) is 5.69 Å². The van der Waals surface area contributed by atoms with Crippen LogP contribution in [0.15, 0.2) is 47.3 Å². The van der Waals surface area contributed by atoms with Gasteiger partial charge in [-0.2, -0.15) is 0 Å². The summed E-state index contributed by atoms with van der Waals surface area (Å²) in [5.74, 6) is 0.522. The van der Waals surface area contributed by atoms with E-state index in [1.807, 2.05) is 0 Å². The molecule has 1 saturated heterocycles. The first kappa shape index (κ1) is 17.9. The van der Waals surface area contributed by atoms with Crippen LogP contribution in [0.5, 0.6) is 0 Å². The molecule has 1 aliphatic heterocycles.